The molecule has 0 aliphatic rings. The summed E-state index contributed by atoms with van der Waals surface area (Å²) >= 11 is 0. The smallest absolute Gasteiger partial charge is 0.363 e. The largest absolute Gasteiger partial charge is 0.493 e. The van der Waals surface area contributed by atoms with E-state index >= 15 is 0 Å². The summed E-state index contributed by atoms with van der Waals surface area (Å²) in [6, 6.07) is 9.12. The van der Waals surface area contributed by atoms with E-state index < -0.39 is 24.4 Å². The first-order valence-corrected chi connectivity index (χ1v) is 6.93. The number of hydrazine groups is 1. The lowest BCUT2D eigenvalue weighted by molar-refractivity contribution is -0.129. The van der Waals surface area contributed by atoms with Crippen molar-refractivity contribution in [1.29, 1.82) is 0 Å². The second kappa shape index (κ2) is 7.77. The van der Waals surface area contributed by atoms with Gasteiger partial charge in [0.15, 0.2) is 12.4 Å². The molecule has 1 aromatic carbocycles. The van der Waals surface area contributed by atoms with Gasteiger partial charge in [-0.15, -0.1) is 0 Å². The number of benzene rings is 1. The molecule has 0 atom stereocenters. The molecule has 0 aliphatic heterocycles. The van der Waals surface area contributed by atoms with Crippen molar-refractivity contribution in [3.63, 3.8) is 0 Å². The van der Waals surface area contributed by atoms with Gasteiger partial charge in [-0.05, 0) is 12.1 Å². The van der Waals surface area contributed by atoms with Gasteiger partial charge in [-0.1, -0.05) is 18.2 Å². The molecular formula is C15H16N4O5. The van der Waals surface area contributed by atoms with Gasteiger partial charge in [0.2, 0.25) is 11.6 Å². The Morgan fingerprint density at radius 2 is 1.88 bits per heavy atom. The van der Waals surface area contributed by atoms with Crippen molar-refractivity contribution in [2.75, 3.05) is 13.7 Å². The van der Waals surface area contributed by atoms with Crippen LogP contribution in [0.1, 0.15) is 17.4 Å². The molecule has 2 aromatic rings. The number of carbonyl (C=O) groups is 3. The number of hydrogen-bond donors (Lipinski definition) is 2. The fourth-order valence-corrected chi connectivity index (χ4v) is 1.76. The minimum absolute atomic E-state index is 0.0614. The fraction of sp³-hybridized carbons (Fsp3) is 0.200. The molecule has 2 rings (SSSR count). The van der Waals surface area contributed by atoms with Crippen molar-refractivity contribution < 1.29 is 23.9 Å². The highest BCUT2D eigenvalue weighted by molar-refractivity contribution is 5.92. The van der Waals surface area contributed by atoms with Crippen LogP contribution in [0.4, 0.5) is 0 Å². The van der Waals surface area contributed by atoms with Crippen molar-refractivity contribution in [2.45, 2.75) is 6.92 Å². The summed E-state index contributed by atoms with van der Waals surface area (Å²) in [5.74, 6) is -1.73. The molecule has 9 heteroatoms. The molecular weight excluding hydrogens is 316 g/mol. The Morgan fingerprint density at radius 1 is 1.17 bits per heavy atom. The van der Waals surface area contributed by atoms with Crippen LogP contribution in [0.25, 0.3) is 5.69 Å². The molecule has 9 nitrogen and oxygen atoms in total. The van der Waals surface area contributed by atoms with Gasteiger partial charge in [0.1, 0.15) is 0 Å². The number of rotatable bonds is 5. The number of esters is 1. The fourth-order valence-electron chi connectivity index (χ4n) is 1.76. The maximum atomic E-state index is 12.1. The molecule has 2 N–H and O–H groups in total. The molecule has 0 aliphatic carbocycles. The summed E-state index contributed by atoms with van der Waals surface area (Å²) in [6.45, 7) is 0.661. The van der Waals surface area contributed by atoms with Crippen LogP contribution < -0.4 is 15.6 Å². The monoisotopic (exact) mass is 332 g/mol. The Hall–Kier alpha value is -3.36. The van der Waals surface area contributed by atoms with E-state index in [1.54, 1.807) is 0 Å². The van der Waals surface area contributed by atoms with Crippen molar-refractivity contribution in [1.82, 2.24) is 20.6 Å². The standard InChI is InChI=1S/C15H16N4O5/c1-10(20)16-17-13(21)9-24-15(22)14-12(23-2)8-19(18-14)11-6-4-3-5-7-11/h3-8H,9H2,1-2H3,(H,16,20)(H,17,21). The number of carbonyl (C=O) groups excluding carboxylic acids is 3. The number of aromatic nitrogens is 2. The first kappa shape index (κ1) is 17.0. The summed E-state index contributed by atoms with van der Waals surface area (Å²) in [6.07, 6.45) is 1.53. The van der Waals surface area contributed by atoms with Crippen molar-refractivity contribution >= 4 is 17.8 Å². The molecule has 1 aromatic heterocycles. The normalized spacial score (nSPS) is 9.92. The van der Waals surface area contributed by atoms with E-state index in [1.807, 2.05) is 30.3 Å². The third kappa shape index (κ3) is 4.32. The molecule has 0 radical (unpaired) electrons. The maximum Gasteiger partial charge on any atom is 0.363 e. The van der Waals surface area contributed by atoms with Crippen molar-refractivity contribution in [3.05, 3.63) is 42.2 Å². The molecule has 126 valence electrons. The zero-order chi connectivity index (χ0) is 17.5. The van der Waals surface area contributed by atoms with Gasteiger partial charge < -0.3 is 9.47 Å². The second-order valence-corrected chi connectivity index (χ2v) is 4.63. The molecule has 1 heterocycles. The number of nitrogens with one attached hydrogen (secondary N) is 2. The maximum absolute atomic E-state index is 12.1. The van der Waals surface area contributed by atoms with Crippen LogP contribution in [0.3, 0.4) is 0 Å². The van der Waals surface area contributed by atoms with Crippen LogP contribution in [-0.4, -0.2) is 41.3 Å². The number of methoxy groups -OCH3 is 1. The lowest BCUT2D eigenvalue weighted by atomic mass is 10.3. The quantitative estimate of drug-likeness (QED) is 0.598. The minimum atomic E-state index is -0.820. The van der Waals surface area contributed by atoms with Crippen molar-refractivity contribution in [3.8, 4) is 11.4 Å². The van der Waals surface area contributed by atoms with E-state index in [0.29, 0.717) is 0 Å². The first-order valence-electron chi connectivity index (χ1n) is 6.93. The van der Waals surface area contributed by atoms with Gasteiger partial charge in [-0.3, -0.25) is 20.4 Å². The van der Waals surface area contributed by atoms with E-state index in [1.165, 1.54) is 24.9 Å². The average molecular weight is 332 g/mol. The second-order valence-electron chi connectivity index (χ2n) is 4.63. The molecule has 24 heavy (non-hydrogen) atoms. The van der Waals surface area contributed by atoms with E-state index in [9.17, 15) is 14.4 Å². The first-order chi connectivity index (χ1) is 11.5. The number of ether oxygens (including phenoxy) is 2. The lowest BCUT2D eigenvalue weighted by Crippen LogP contribution is -2.42. The van der Waals surface area contributed by atoms with Crippen LogP contribution in [0, 0.1) is 0 Å². The van der Waals surface area contributed by atoms with E-state index in [0.717, 1.165) is 5.69 Å². The SMILES string of the molecule is COc1cn(-c2ccccc2)nc1C(=O)OCC(=O)NNC(C)=O. The Balaban J connectivity index is 2.05. The summed E-state index contributed by atoms with van der Waals surface area (Å²) in [7, 11) is 1.40. The predicted molar refractivity (Wildman–Crippen MR) is 82.4 cm³/mol. The van der Waals surface area contributed by atoms with Gasteiger partial charge in [-0.25, -0.2) is 9.48 Å². The van der Waals surface area contributed by atoms with E-state index in [-0.39, 0.29) is 11.4 Å². The third-order valence-corrected chi connectivity index (χ3v) is 2.83. The predicted octanol–water partition coefficient (Wildman–Crippen LogP) is 0.205. The molecule has 0 spiro atoms. The molecule has 0 unspecified atom stereocenters. The molecule has 0 fully saturated rings. The third-order valence-electron chi connectivity index (χ3n) is 2.83. The highest BCUT2D eigenvalue weighted by Crippen LogP contribution is 2.20. The van der Waals surface area contributed by atoms with E-state index in [4.69, 9.17) is 9.47 Å². The number of hydrogen-bond acceptors (Lipinski definition) is 6. The Morgan fingerprint density at radius 3 is 2.50 bits per heavy atom. The summed E-state index contributed by atoms with van der Waals surface area (Å²) in [5.41, 5.74) is 4.83. The molecule has 0 saturated heterocycles. The zero-order valence-corrected chi connectivity index (χ0v) is 13.1. The number of nitrogens with zero attached hydrogens (tertiary/aromatic N) is 2. The van der Waals surface area contributed by atoms with Crippen LogP contribution in [0.15, 0.2) is 36.5 Å². The van der Waals surface area contributed by atoms with Gasteiger partial charge in [0.05, 0.1) is 19.0 Å². The van der Waals surface area contributed by atoms with Gasteiger partial charge >= 0.3 is 5.97 Å². The Bertz CT molecular complexity index is 742. The van der Waals surface area contributed by atoms with Gasteiger partial charge in [-0.2, -0.15) is 5.10 Å². The van der Waals surface area contributed by atoms with Gasteiger partial charge in [0.25, 0.3) is 5.91 Å². The van der Waals surface area contributed by atoms with E-state index in [2.05, 4.69) is 16.0 Å². The number of amides is 2. The minimum Gasteiger partial charge on any atom is -0.493 e. The summed E-state index contributed by atoms with van der Waals surface area (Å²) in [4.78, 5) is 34.1. The number of para-hydroxylation sites is 1. The zero-order valence-electron chi connectivity index (χ0n) is 13.1. The Kier molecular flexibility index (Phi) is 5.50. The topological polar surface area (TPSA) is 112 Å². The summed E-state index contributed by atoms with van der Waals surface area (Å²) < 4.78 is 11.4. The van der Waals surface area contributed by atoms with Crippen LogP contribution in [0.5, 0.6) is 5.75 Å². The average Bonchev–Trinajstić information content (AvgIpc) is 3.03. The summed E-state index contributed by atoms with van der Waals surface area (Å²) in [5, 5.41) is 4.12. The van der Waals surface area contributed by atoms with Crippen LogP contribution in [0.2, 0.25) is 0 Å². The van der Waals surface area contributed by atoms with Crippen molar-refractivity contribution in [2.24, 2.45) is 0 Å². The lowest BCUT2D eigenvalue weighted by Gasteiger charge is -2.06. The highest BCUT2D eigenvalue weighted by Gasteiger charge is 2.20. The Labute approximate surface area is 137 Å². The molecule has 2 amide bonds. The van der Waals surface area contributed by atoms with Crippen LogP contribution >= 0.6 is 0 Å². The molecule has 0 bridgehead atoms. The van der Waals surface area contributed by atoms with Gasteiger partial charge in [0, 0.05) is 6.92 Å². The molecule has 0 saturated carbocycles. The van der Waals surface area contributed by atoms with Crippen LogP contribution in [-0.2, 0) is 14.3 Å². The highest BCUT2D eigenvalue weighted by atomic mass is 16.5.